The second kappa shape index (κ2) is 5.05. The summed E-state index contributed by atoms with van der Waals surface area (Å²) in [4.78, 5) is 14.2. The minimum atomic E-state index is -0.582. The molecule has 1 aliphatic heterocycles. The van der Waals surface area contributed by atoms with Gasteiger partial charge < -0.3 is 15.4 Å². The van der Waals surface area contributed by atoms with Crippen molar-refractivity contribution in [1.82, 2.24) is 4.90 Å². The third-order valence-corrected chi connectivity index (χ3v) is 4.61. The predicted octanol–water partition coefficient (Wildman–Crippen LogP) is 1.64. The first-order chi connectivity index (χ1) is 9.61. The summed E-state index contributed by atoms with van der Waals surface area (Å²) < 4.78 is 19.1. The molecule has 20 heavy (non-hydrogen) atoms. The van der Waals surface area contributed by atoms with Gasteiger partial charge in [-0.25, -0.2) is 4.39 Å². The number of likely N-dealkylation sites (tertiary alicyclic amines) is 1. The van der Waals surface area contributed by atoms with Crippen LogP contribution in [-0.4, -0.2) is 37.0 Å². The molecule has 2 aliphatic rings. The lowest BCUT2D eigenvalue weighted by molar-refractivity contribution is 0.0774. The van der Waals surface area contributed by atoms with Crippen molar-refractivity contribution in [3.8, 4) is 5.75 Å². The smallest absolute Gasteiger partial charge is 0.256 e. The van der Waals surface area contributed by atoms with Crippen LogP contribution >= 0.6 is 0 Å². The van der Waals surface area contributed by atoms with E-state index < -0.39 is 5.82 Å². The fraction of sp³-hybridized carbons (Fsp3) is 0.533. The van der Waals surface area contributed by atoms with E-state index in [0.717, 1.165) is 12.8 Å². The highest BCUT2D eigenvalue weighted by Gasteiger charge is 2.42. The van der Waals surface area contributed by atoms with E-state index in [0.29, 0.717) is 24.9 Å². The van der Waals surface area contributed by atoms with E-state index in [1.54, 1.807) is 11.0 Å². The van der Waals surface area contributed by atoms with Gasteiger partial charge in [-0.15, -0.1) is 0 Å². The quantitative estimate of drug-likeness (QED) is 0.895. The maximum absolute atomic E-state index is 14.1. The maximum Gasteiger partial charge on any atom is 0.256 e. The predicted molar refractivity (Wildman–Crippen MR) is 73.0 cm³/mol. The number of amides is 1. The number of carbonyl (C=O) groups is 1. The molecule has 108 valence electrons. The van der Waals surface area contributed by atoms with Gasteiger partial charge in [-0.1, -0.05) is 6.07 Å². The summed E-state index contributed by atoms with van der Waals surface area (Å²) >= 11 is 0. The highest BCUT2D eigenvalue weighted by molar-refractivity contribution is 5.95. The number of halogens is 1. The standard InChI is InChI=1S/C15H19FN2O2/c1-20-13-4-2-3-10(14(13)16)15(19)18-7-9-5-6-12(17)11(9)8-18/h2-4,9,11-12H,5-8,17H2,1H3. The number of benzene rings is 1. The highest BCUT2D eigenvalue weighted by atomic mass is 19.1. The van der Waals surface area contributed by atoms with Crippen molar-refractivity contribution in [2.75, 3.05) is 20.2 Å². The van der Waals surface area contributed by atoms with Crippen molar-refractivity contribution in [3.63, 3.8) is 0 Å². The zero-order chi connectivity index (χ0) is 14.3. The van der Waals surface area contributed by atoms with Crippen molar-refractivity contribution < 1.29 is 13.9 Å². The molecule has 3 atom stereocenters. The molecule has 2 fully saturated rings. The molecule has 1 saturated carbocycles. The minimum absolute atomic E-state index is 0.0814. The summed E-state index contributed by atoms with van der Waals surface area (Å²) in [6, 6.07) is 4.83. The number of rotatable bonds is 2. The Balaban J connectivity index is 1.81. The lowest BCUT2D eigenvalue weighted by Crippen LogP contribution is -2.33. The number of carbonyl (C=O) groups excluding carboxylic acids is 1. The lowest BCUT2D eigenvalue weighted by Gasteiger charge is -2.19. The van der Waals surface area contributed by atoms with Crippen molar-refractivity contribution in [3.05, 3.63) is 29.6 Å². The van der Waals surface area contributed by atoms with Crippen LogP contribution in [-0.2, 0) is 0 Å². The minimum Gasteiger partial charge on any atom is -0.494 e. The summed E-state index contributed by atoms with van der Waals surface area (Å²) in [5, 5.41) is 0. The van der Waals surface area contributed by atoms with E-state index in [9.17, 15) is 9.18 Å². The molecule has 1 saturated heterocycles. The topological polar surface area (TPSA) is 55.6 Å². The van der Waals surface area contributed by atoms with Crippen LogP contribution in [0.25, 0.3) is 0 Å². The number of hydrogen-bond donors (Lipinski definition) is 1. The molecule has 0 aromatic heterocycles. The SMILES string of the molecule is COc1cccc(C(=O)N2CC3CCC(N)C3C2)c1F. The van der Waals surface area contributed by atoms with Crippen LogP contribution < -0.4 is 10.5 Å². The van der Waals surface area contributed by atoms with Crippen LogP contribution in [0.2, 0.25) is 0 Å². The van der Waals surface area contributed by atoms with Gasteiger partial charge in [0.1, 0.15) is 0 Å². The molecule has 1 aliphatic carbocycles. The summed E-state index contributed by atoms with van der Waals surface area (Å²) in [6.07, 6.45) is 2.10. The van der Waals surface area contributed by atoms with E-state index in [2.05, 4.69) is 0 Å². The largest absolute Gasteiger partial charge is 0.494 e. The Kier molecular flexibility index (Phi) is 3.38. The molecule has 1 amide bonds. The number of nitrogens with zero attached hydrogens (tertiary/aromatic N) is 1. The van der Waals surface area contributed by atoms with Gasteiger partial charge in [-0.05, 0) is 36.8 Å². The Bertz CT molecular complexity index is 535. The number of methoxy groups -OCH3 is 1. The molecule has 1 aromatic carbocycles. The number of nitrogens with two attached hydrogens (primary N) is 1. The Hall–Kier alpha value is -1.62. The molecule has 0 radical (unpaired) electrons. The molecule has 5 heteroatoms. The molecular weight excluding hydrogens is 259 g/mol. The maximum atomic E-state index is 14.1. The molecular formula is C15H19FN2O2. The molecule has 3 unspecified atom stereocenters. The van der Waals surface area contributed by atoms with Crippen molar-refractivity contribution in [2.45, 2.75) is 18.9 Å². The normalized spacial score (nSPS) is 28.6. The molecule has 1 aromatic rings. The van der Waals surface area contributed by atoms with Gasteiger partial charge >= 0.3 is 0 Å². The second-order valence-electron chi connectivity index (χ2n) is 5.70. The van der Waals surface area contributed by atoms with Crippen LogP contribution in [0, 0.1) is 17.7 Å². The summed E-state index contributed by atoms with van der Waals surface area (Å²) in [6.45, 7) is 1.33. The molecule has 0 spiro atoms. The van der Waals surface area contributed by atoms with Crippen molar-refractivity contribution >= 4 is 5.91 Å². The first kappa shape index (κ1) is 13.4. The number of fused-ring (bicyclic) bond motifs is 1. The zero-order valence-electron chi connectivity index (χ0n) is 11.5. The zero-order valence-corrected chi connectivity index (χ0v) is 11.5. The average molecular weight is 278 g/mol. The van der Waals surface area contributed by atoms with Gasteiger partial charge in [-0.2, -0.15) is 0 Å². The number of hydrogen-bond acceptors (Lipinski definition) is 3. The van der Waals surface area contributed by atoms with Crippen LogP contribution in [0.5, 0.6) is 5.75 Å². The number of ether oxygens (including phenoxy) is 1. The molecule has 3 rings (SSSR count). The first-order valence-corrected chi connectivity index (χ1v) is 6.99. The van der Waals surface area contributed by atoms with Crippen LogP contribution in [0.15, 0.2) is 18.2 Å². The van der Waals surface area contributed by atoms with E-state index in [4.69, 9.17) is 10.5 Å². The van der Waals surface area contributed by atoms with Crippen LogP contribution in [0.4, 0.5) is 4.39 Å². The third-order valence-electron chi connectivity index (χ3n) is 4.61. The Morgan fingerprint density at radius 2 is 2.20 bits per heavy atom. The summed E-state index contributed by atoms with van der Waals surface area (Å²) in [7, 11) is 1.39. The van der Waals surface area contributed by atoms with Gasteiger partial charge in [0.15, 0.2) is 11.6 Å². The van der Waals surface area contributed by atoms with Gasteiger partial charge in [0.2, 0.25) is 0 Å². The molecule has 1 heterocycles. The van der Waals surface area contributed by atoms with Gasteiger partial charge in [0.25, 0.3) is 5.91 Å². The second-order valence-corrected chi connectivity index (χ2v) is 5.70. The Labute approximate surface area is 117 Å². The van der Waals surface area contributed by atoms with Gasteiger partial charge in [0, 0.05) is 19.1 Å². The van der Waals surface area contributed by atoms with E-state index in [1.807, 2.05) is 0 Å². The monoisotopic (exact) mass is 278 g/mol. The summed E-state index contributed by atoms with van der Waals surface area (Å²) in [5.74, 6) is 0.103. The summed E-state index contributed by atoms with van der Waals surface area (Å²) in [5.41, 5.74) is 6.15. The average Bonchev–Trinajstić information content (AvgIpc) is 3.01. The van der Waals surface area contributed by atoms with E-state index in [-0.39, 0.29) is 23.3 Å². The van der Waals surface area contributed by atoms with E-state index >= 15 is 0 Å². The lowest BCUT2D eigenvalue weighted by atomic mass is 9.98. The van der Waals surface area contributed by atoms with Gasteiger partial charge in [-0.3, -0.25) is 4.79 Å². The van der Waals surface area contributed by atoms with Crippen LogP contribution in [0.1, 0.15) is 23.2 Å². The highest BCUT2D eigenvalue weighted by Crippen LogP contribution is 2.37. The molecule has 2 N–H and O–H groups in total. The Morgan fingerprint density at radius 1 is 1.40 bits per heavy atom. The van der Waals surface area contributed by atoms with Crippen molar-refractivity contribution in [1.29, 1.82) is 0 Å². The van der Waals surface area contributed by atoms with Crippen LogP contribution in [0.3, 0.4) is 0 Å². The first-order valence-electron chi connectivity index (χ1n) is 6.99. The fourth-order valence-electron chi connectivity index (χ4n) is 3.48. The van der Waals surface area contributed by atoms with Crippen molar-refractivity contribution in [2.24, 2.45) is 17.6 Å². The fourth-order valence-corrected chi connectivity index (χ4v) is 3.48. The van der Waals surface area contributed by atoms with Gasteiger partial charge in [0.05, 0.1) is 12.7 Å². The molecule has 0 bridgehead atoms. The molecule has 4 nitrogen and oxygen atoms in total. The Morgan fingerprint density at radius 3 is 2.90 bits per heavy atom. The van der Waals surface area contributed by atoms with E-state index in [1.165, 1.54) is 19.2 Å². The third kappa shape index (κ3) is 2.06.